The highest BCUT2D eigenvalue weighted by Crippen LogP contribution is 2.38. The second-order valence-corrected chi connectivity index (χ2v) is 7.93. The first-order chi connectivity index (χ1) is 8.13. The molecule has 0 radical (unpaired) electrons. The number of benzene rings is 1. The van der Waals surface area contributed by atoms with Crippen molar-refractivity contribution in [3.05, 3.63) is 52.6 Å². The highest BCUT2D eigenvalue weighted by Gasteiger charge is 2.17. The fraction of sp³-hybridized carbons (Fsp3) is 0.167. The lowest BCUT2D eigenvalue weighted by molar-refractivity contribution is 0.700. The summed E-state index contributed by atoms with van der Waals surface area (Å²) >= 11 is 11.2. The van der Waals surface area contributed by atoms with Crippen molar-refractivity contribution in [3.63, 3.8) is 0 Å². The molecule has 1 aromatic carbocycles. The second-order valence-electron chi connectivity index (χ2n) is 3.51. The minimum atomic E-state index is 0.246. The Balaban J connectivity index is 2.44. The van der Waals surface area contributed by atoms with E-state index in [1.165, 1.54) is 14.0 Å². The molecule has 0 bridgehead atoms. The van der Waals surface area contributed by atoms with Crippen molar-refractivity contribution in [1.82, 2.24) is 5.32 Å². The van der Waals surface area contributed by atoms with Crippen LogP contribution >= 0.6 is 65.8 Å². The van der Waals surface area contributed by atoms with E-state index in [-0.39, 0.29) is 6.04 Å². The van der Waals surface area contributed by atoms with Crippen LogP contribution in [0.2, 0.25) is 0 Å². The molecule has 0 amide bonds. The summed E-state index contributed by atoms with van der Waals surface area (Å²) < 4.78 is 3.53. The van der Waals surface area contributed by atoms with E-state index in [0.29, 0.717) is 0 Å². The summed E-state index contributed by atoms with van der Waals surface area (Å²) in [6.07, 6.45) is 0. The van der Waals surface area contributed by atoms with Crippen molar-refractivity contribution < 1.29 is 0 Å². The summed E-state index contributed by atoms with van der Waals surface area (Å²) in [7, 11) is 2.00. The fourth-order valence-corrected chi connectivity index (χ4v) is 4.58. The summed E-state index contributed by atoms with van der Waals surface area (Å²) in [6, 6.07) is 10.9. The van der Waals surface area contributed by atoms with E-state index < -0.39 is 0 Å². The molecule has 0 aliphatic rings. The molecule has 5 heteroatoms. The molecule has 17 heavy (non-hydrogen) atoms. The Morgan fingerprint density at radius 2 is 2.00 bits per heavy atom. The van der Waals surface area contributed by atoms with Gasteiger partial charge in [0.05, 0.1) is 9.83 Å². The zero-order valence-electron chi connectivity index (χ0n) is 9.01. The van der Waals surface area contributed by atoms with E-state index in [0.717, 1.165) is 8.26 Å². The Morgan fingerprint density at radius 3 is 2.53 bits per heavy atom. The maximum atomic E-state index is 3.55. The average Bonchev–Trinajstić information content (AvgIpc) is 2.63. The quantitative estimate of drug-likeness (QED) is 0.589. The first-order valence-electron chi connectivity index (χ1n) is 5.00. The van der Waals surface area contributed by atoms with Gasteiger partial charge < -0.3 is 5.32 Å². The summed E-state index contributed by atoms with van der Waals surface area (Å²) in [4.78, 5) is 1.30. The van der Waals surface area contributed by atoms with Crippen LogP contribution < -0.4 is 5.32 Å². The van der Waals surface area contributed by atoms with E-state index in [2.05, 4.69) is 90.1 Å². The van der Waals surface area contributed by atoms with Crippen LogP contribution in [0.25, 0.3) is 0 Å². The monoisotopic (exact) mass is 485 g/mol. The Morgan fingerprint density at radius 1 is 1.29 bits per heavy atom. The molecule has 0 aliphatic carbocycles. The number of thiophene rings is 1. The summed E-state index contributed by atoms with van der Waals surface area (Å²) in [5.41, 5.74) is 1.32. The number of hydrogen-bond donors (Lipinski definition) is 1. The van der Waals surface area contributed by atoms with E-state index >= 15 is 0 Å². The minimum absolute atomic E-state index is 0.246. The third-order valence-corrected chi connectivity index (χ3v) is 6.76. The van der Waals surface area contributed by atoms with Crippen LogP contribution in [0.1, 0.15) is 16.5 Å². The maximum Gasteiger partial charge on any atom is 0.0843 e. The molecule has 1 N–H and O–H groups in total. The molecule has 90 valence electrons. The number of hydrogen-bond acceptors (Lipinski definition) is 2. The molecule has 0 fully saturated rings. The van der Waals surface area contributed by atoms with Crippen molar-refractivity contribution in [1.29, 1.82) is 0 Å². The van der Waals surface area contributed by atoms with Crippen molar-refractivity contribution in [2.24, 2.45) is 0 Å². The van der Waals surface area contributed by atoms with Gasteiger partial charge in [0.2, 0.25) is 0 Å². The molecule has 1 nitrogen and oxygen atoms in total. The topological polar surface area (TPSA) is 12.0 Å². The Hall–Kier alpha value is 0.570. The Labute approximate surface area is 135 Å². The second kappa shape index (κ2) is 6.14. The number of rotatable bonds is 3. The van der Waals surface area contributed by atoms with Crippen molar-refractivity contribution in [3.8, 4) is 0 Å². The van der Waals surface area contributed by atoms with Gasteiger partial charge in [-0.3, -0.25) is 0 Å². The van der Waals surface area contributed by atoms with Gasteiger partial charge in [0, 0.05) is 12.9 Å². The largest absolute Gasteiger partial charge is 0.309 e. The van der Waals surface area contributed by atoms with E-state index in [1.807, 2.05) is 7.05 Å². The van der Waals surface area contributed by atoms with Crippen molar-refractivity contribution in [2.75, 3.05) is 7.05 Å². The van der Waals surface area contributed by atoms with E-state index in [1.54, 1.807) is 11.3 Å². The van der Waals surface area contributed by atoms with Crippen LogP contribution in [-0.4, -0.2) is 7.05 Å². The summed E-state index contributed by atoms with van der Waals surface area (Å²) in [5, 5.41) is 3.38. The van der Waals surface area contributed by atoms with Gasteiger partial charge in [0.25, 0.3) is 0 Å². The van der Waals surface area contributed by atoms with Crippen LogP contribution in [0.15, 0.2) is 38.6 Å². The lowest BCUT2D eigenvalue weighted by Crippen LogP contribution is -2.17. The molecule has 1 heterocycles. The van der Waals surface area contributed by atoms with E-state index in [4.69, 9.17) is 0 Å². The summed E-state index contributed by atoms with van der Waals surface area (Å²) in [6.45, 7) is 0. The van der Waals surface area contributed by atoms with Gasteiger partial charge >= 0.3 is 0 Å². The number of nitrogens with one attached hydrogen (secondary N) is 1. The van der Waals surface area contributed by atoms with Gasteiger partial charge in [0.15, 0.2) is 0 Å². The minimum Gasteiger partial charge on any atom is -0.309 e. The molecule has 0 spiro atoms. The van der Waals surface area contributed by atoms with Crippen molar-refractivity contribution in [2.45, 2.75) is 6.04 Å². The third kappa shape index (κ3) is 3.12. The van der Waals surface area contributed by atoms with Crippen LogP contribution in [-0.2, 0) is 0 Å². The van der Waals surface area contributed by atoms with E-state index in [9.17, 15) is 0 Å². The van der Waals surface area contributed by atoms with Gasteiger partial charge in [-0.25, -0.2) is 0 Å². The molecule has 0 aliphatic heterocycles. The molecular formula is C12H10Br2INS. The van der Waals surface area contributed by atoms with Gasteiger partial charge in [-0.15, -0.1) is 11.3 Å². The highest BCUT2D eigenvalue weighted by atomic mass is 127. The van der Waals surface area contributed by atoms with Crippen LogP contribution in [0.3, 0.4) is 0 Å². The van der Waals surface area contributed by atoms with Gasteiger partial charge in [-0.05, 0) is 79.2 Å². The first kappa shape index (κ1) is 14.0. The van der Waals surface area contributed by atoms with Gasteiger partial charge in [0.1, 0.15) is 0 Å². The maximum absolute atomic E-state index is 3.55. The fourth-order valence-electron chi connectivity index (χ4n) is 1.67. The van der Waals surface area contributed by atoms with Crippen LogP contribution in [0, 0.1) is 3.57 Å². The molecule has 0 saturated heterocycles. The van der Waals surface area contributed by atoms with Crippen LogP contribution in [0.5, 0.6) is 0 Å². The average molecular weight is 487 g/mol. The van der Waals surface area contributed by atoms with Gasteiger partial charge in [-0.1, -0.05) is 18.2 Å². The Kier molecular flexibility index (Phi) is 5.06. The van der Waals surface area contributed by atoms with Crippen LogP contribution in [0.4, 0.5) is 0 Å². The molecule has 2 rings (SSSR count). The predicted molar refractivity (Wildman–Crippen MR) is 89.8 cm³/mol. The zero-order valence-corrected chi connectivity index (χ0v) is 15.2. The molecule has 2 aromatic rings. The standard InChI is InChI=1S/C12H10Br2INS/c1-16-11(7-4-2-3-5-9(7)15)10-6-8(13)12(14)17-10/h2-6,11,16H,1H3. The predicted octanol–water partition coefficient (Wildman–Crippen LogP) is 5.19. The lowest BCUT2D eigenvalue weighted by atomic mass is 10.1. The Bertz CT molecular complexity index is 507. The molecule has 1 atom stereocenters. The smallest absolute Gasteiger partial charge is 0.0843 e. The zero-order chi connectivity index (χ0) is 12.4. The normalized spacial score (nSPS) is 12.7. The molecular weight excluding hydrogens is 477 g/mol. The van der Waals surface area contributed by atoms with Crippen molar-refractivity contribution >= 4 is 65.8 Å². The third-order valence-electron chi connectivity index (χ3n) is 2.45. The molecule has 0 saturated carbocycles. The lowest BCUT2D eigenvalue weighted by Gasteiger charge is -2.16. The first-order valence-corrected chi connectivity index (χ1v) is 8.48. The molecule has 1 unspecified atom stereocenters. The van der Waals surface area contributed by atoms with Gasteiger partial charge in [-0.2, -0.15) is 0 Å². The number of halogens is 3. The molecule has 1 aromatic heterocycles. The highest BCUT2D eigenvalue weighted by molar-refractivity contribution is 14.1. The summed E-state index contributed by atoms with van der Waals surface area (Å²) in [5.74, 6) is 0. The SMILES string of the molecule is CNC(c1cc(Br)c(Br)s1)c1ccccc1I.